The molecule has 4 N–H and O–H groups in total. The highest BCUT2D eigenvalue weighted by atomic mass is 35.5. The highest BCUT2D eigenvalue weighted by Crippen LogP contribution is 2.24. The van der Waals surface area contributed by atoms with Gasteiger partial charge in [-0.3, -0.25) is 4.79 Å². The molecule has 0 saturated heterocycles. The molecule has 22 heavy (non-hydrogen) atoms. The summed E-state index contributed by atoms with van der Waals surface area (Å²) >= 11 is 0. The number of carbonyl (C=O) groups is 1. The fraction of sp³-hybridized carbons (Fsp3) is 0.588. The van der Waals surface area contributed by atoms with Gasteiger partial charge in [-0.05, 0) is 31.2 Å². The van der Waals surface area contributed by atoms with Gasteiger partial charge < -0.3 is 16.2 Å². The Morgan fingerprint density at radius 3 is 2.68 bits per heavy atom. The molecule has 0 aromatic heterocycles. The molecule has 0 radical (unpaired) electrons. The molecule has 4 nitrogen and oxygen atoms in total. The molecule has 2 rings (SSSR count). The molecule has 1 aromatic carbocycles. The standard InChI is InChI=1S/C17H26N2O2.ClH/c18-16-8-4-7-14(11-16)17(21)19-12-15(9-10-20)13-5-2-1-3-6-13;/h1-3,5-6,14-16,20H,4,7-12,18H2,(H,19,21);1H. The largest absolute Gasteiger partial charge is 0.396 e. The summed E-state index contributed by atoms with van der Waals surface area (Å²) in [6.45, 7) is 0.707. The number of hydrogen-bond donors (Lipinski definition) is 3. The topological polar surface area (TPSA) is 75.4 Å². The molecule has 1 saturated carbocycles. The predicted molar refractivity (Wildman–Crippen MR) is 91.1 cm³/mol. The molecule has 1 aliphatic carbocycles. The maximum Gasteiger partial charge on any atom is 0.223 e. The molecule has 5 heteroatoms. The van der Waals surface area contributed by atoms with E-state index >= 15 is 0 Å². The number of hydrogen-bond acceptors (Lipinski definition) is 3. The summed E-state index contributed by atoms with van der Waals surface area (Å²) in [5.74, 6) is 0.334. The maximum atomic E-state index is 12.3. The van der Waals surface area contributed by atoms with Crippen LogP contribution in [0.15, 0.2) is 30.3 Å². The van der Waals surface area contributed by atoms with E-state index in [4.69, 9.17) is 5.73 Å². The molecule has 1 aliphatic rings. The lowest BCUT2D eigenvalue weighted by Crippen LogP contribution is -2.39. The minimum atomic E-state index is 0. The van der Waals surface area contributed by atoms with Gasteiger partial charge in [-0.25, -0.2) is 0 Å². The first-order valence-electron chi connectivity index (χ1n) is 7.89. The van der Waals surface area contributed by atoms with Crippen LogP contribution >= 0.6 is 12.4 Å². The summed E-state index contributed by atoms with van der Waals surface area (Å²) in [6.07, 6.45) is 4.46. The molecule has 1 amide bonds. The second-order valence-corrected chi connectivity index (χ2v) is 5.99. The van der Waals surface area contributed by atoms with Gasteiger partial charge >= 0.3 is 0 Å². The quantitative estimate of drug-likeness (QED) is 0.750. The Morgan fingerprint density at radius 2 is 2.05 bits per heavy atom. The maximum absolute atomic E-state index is 12.3. The third-order valence-corrected chi connectivity index (χ3v) is 4.36. The Morgan fingerprint density at radius 1 is 1.32 bits per heavy atom. The fourth-order valence-corrected chi connectivity index (χ4v) is 3.10. The van der Waals surface area contributed by atoms with Gasteiger partial charge in [-0.2, -0.15) is 0 Å². The van der Waals surface area contributed by atoms with Crippen LogP contribution in [0.25, 0.3) is 0 Å². The Labute approximate surface area is 138 Å². The van der Waals surface area contributed by atoms with Gasteiger partial charge in [-0.15, -0.1) is 12.4 Å². The summed E-state index contributed by atoms with van der Waals surface area (Å²) in [5, 5.41) is 12.3. The van der Waals surface area contributed by atoms with Gasteiger partial charge in [0.1, 0.15) is 0 Å². The van der Waals surface area contributed by atoms with Crippen LogP contribution in [0, 0.1) is 5.92 Å². The van der Waals surface area contributed by atoms with Crippen LogP contribution in [-0.4, -0.2) is 30.2 Å². The zero-order chi connectivity index (χ0) is 15.1. The van der Waals surface area contributed by atoms with E-state index < -0.39 is 0 Å². The number of carbonyl (C=O) groups excluding carboxylic acids is 1. The Hall–Kier alpha value is -1.10. The third-order valence-electron chi connectivity index (χ3n) is 4.36. The van der Waals surface area contributed by atoms with Gasteiger partial charge in [0.05, 0.1) is 0 Å². The number of benzene rings is 1. The number of nitrogens with one attached hydrogen (secondary N) is 1. The number of halogens is 1. The molecule has 0 aliphatic heterocycles. The molecule has 0 bridgehead atoms. The van der Waals surface area contributed by atoms with Crippen molar-refractivity contribution < 1.29 is 9.90 Å². The second-order valence-electron chi connectivity index (χ2n) is 5.99. The van der Waals surface area contributed by atoms with Crippen molar-refractivity contribution >= 4 is 18.3 Å². The third kappa shape index (κ3) is 5.59. The van der Waals surface area contributed by atoms with Crippen molar-refractivity contribution in [1.29, 1.82) is 0 Å². The first-order valence-corrected chi connectivity index (χ1v) is 7.89. The van der Waals surface area contributed by atoms with E-state index in [0.717, 1.165) is 31.2 Å². The van der Waals surface area contributed by atoms with Crippen LogP contribution < -0.4 is 11.1 Å². The number of nitrogens with two attached hydrogens (primary N) is 1. The van der Waals surface area contributed by atoms with Crippen molar-refractivity contribution in [2.24, 2.45) is 11.7 Å². The Balaban J connectivity index is 0.00000242. The monoisotopic (exact) mass is 326 g/mol. The van der Waals surface area contributed by atoms with Crippen LogP contribution in [0.1, 0.15) is 43.6 Å². The normalized spacial score (nSPS) is 22.5. The average molecular weight is 327 g/mol. The van der Waals surface area contributed by atoms with Crippen LogP contribution in [-0.2, 0) is 4.79 Å². The molecule has 3 atom stereocenters. The Bertz CT molecular complexity index is 442. The van der Waals surface area contributed by atoms with Gasteiger partial charge in [0.25, 0.3) is 0 Å². The number of aliphatic hydroxyl groups excluding tert-OH is 1. The summed E-state index contributed by atoms with van der Waals surface area (Å²) in [5.41, 5.74) is 7.10. The molecular formula is C17H27ClN2O2. The van der Waals surface area contributed by atoms with Crippen molar-refractivity contribution in [1.82, 2.24) is 5.32 Å². The number of aliphatic hydroxyl groups is 1. The zero-order valence-corrected chi connectivity index (χ0v) is 13.7. The average Bonchev–Trinajstić information content (AvgIpc) is 2.52. The molecule has 1 aromatic rings. The SMILES string of the molecule is Cl.NC1CCCC(C(=O)NCC(CCO)c2ccccc2)C1. The van der Waals surface area contributed by atoms with Crippen molar-refractivity contribution in [2.75, 3.05) is 13.2 Å². The summed E-state index contributed by atoms with van der Waals surface area (Å²) < 4.78 is 0. The molecule has 0 heterocycles. The van der Waals surface area contributed by atoms with Crippen LogP contribution in [0.2, 0.25) is 0 Å². The summed E-state index contributed by atoms with van der Waals surface area (Å²) in [7, 11) is 0. The molecular weight excluding hydrogens is 300 g/mol. The number of amides is 1. The van der Waals surface area contributed by atoms with E-state index in [1.54, 1.807) is 0 Å². The molecule has 3 unspecified atom stereocenters. The minimum absolute atomic E-state index is 0. The lowest BCUT2D eigenvalue weighted by atomic mass is 9.85. The first-order chi connectivity index (χ1) is 10.2. The van der Waals surface area contributed by atoms with Crippen molar-refractivity contribution in [2.45, 2.75) is 44.1 Å². The van der Waals surface area contributed by atoms with Crippen molar-refractivity contribution in [3.63, 3.8) is 0 Å². The fourth-order valence-electron chi connectivity index (χ4n) is 3.10. The van der Waals surface area contributed by atoms with Crippen LogP contribution in [0.4, 0.5) is 0 Å². The van der Waals surface area contributed by atoms with Crippen molar-refractivity contribution in [3.8, 4) is 0 Å². The van der Waals surface area contributed by atoms with Crippen LogP contribution in [0.3, 0.4) is 0 Å². The van der Waals surface area contributed by atoms with Gasteiger partial charge in [-0.1, -0.05) is 36.8 Å². The zero-order valence-electron chi connectivity index (χ0n) is 12.9. The molecule has 0 spiro atoms. The summed E-state index contributed by atoms with van der Waals surface area (Å²) in [6, 6.07) is 10.2. The van der Waals surface area contributed by atoms with E-state index in [1.807, 2.05) is 30.3 Å². The molecule has 1 fully saturated rings. The van der Waals surface area contributed by atoms with E-state index in [9.17, 15) is 9.90 Å². The van der Waals surface area contributed by atoms with E-state index in [0.29, 0.717) is 13.0 Å². The van der Waals surface area contributed by atoms with Crippen LogP contribution in [0.5, 0.6) is 0 Å². The minimum Gasteiger partial charge on any atom is -0.396 e. The lowest BCUT2D eigenvalue weighted by molar-refractivity contribution is -0.126. The smallest absolute Gasteiger partial charge is 0.223 e. The first kappa shape index (κ1) is 18.9. The predicted octanol–water partition coefficient (Wildman–Crippen LogP) is 2.21. The number of rotatable bonds is 6. The second kappa shape index (κ2) is 9.82. The highest BCUT2D eigenvalue weighted by molar-refractivity contribution is 5.85. The van der Waals surface area contributed by atoms with Gasteiger partial charge in [0.2, 0.25) is 5.91 Å². The highest BCUT2D eigenvalue weighted by Gasteiger charge is 2.25. The lowest BCUT2D eigenvalue weighted by Gasteiger charge is -2.26. The van der Waals surface area contributed by atoms with Gasteiger partial charge in [0, 0.05) is 31.0 Å². The van der Waals surface area contributed by atoms with Crippen molar-refractivity contribution in [3.05, 3.63) is 35.9 Å². The van der Waals surface area contributed by atoms with E-state index in [1.165, 1.54) is 0 Å². The van der Waals surface area contributed by atoms with E-state index in [2.05, 4.69) is 5.32 Å². The molecule has 124 valence electrons. The van der Waals surface area contributed by atoms with E-state index in [-0.39, 0.29) is 42.8 Å². The van der Waals surface area contributed by atoms with Gasteiger partial charge in [0.15, 0.2) is 0 Å². The summed E-state index contributed by atoms with van der Waals surface area (Å²) in [4.78, 5) is 12.3. The Kier molecular flexibility index (Phi) is 8.46.